The predicted molar refractivity (Wildman–Crippen MR) is 114 cm³/mol. The topological polar surface area (TPSA) is 90.4 Å². The molecule has 10 heteroatoms. The first-order valence-electron chi connectivity index (χ1n) is 8.30. The van der Waals surface area contributed by atoms with Crippen LogP contribution in [0.1, 0.15) is 17.7 Å². The largest absolute Gasteiger partial charge is 0.365 e. The molecule has 0 aliphatic carbocycles. The zero-order valence-corrected chi connectivity index (χ0v) is 17.3. The van der Waals surface area contributed by atoms with Gasteiger partial charge < -0.3 is 5.32 Å². The second-order valence-corrected chi connectivity index (χ2v) is 6.56. The van der Waals surface area contributed by atoms with Crippen molar-refractivity contribution >= 4 is 54.2 Å². The van der Waals surface area contributed by atoms with E-state index < -0.39 is 5.91 Å². The lowest BCUT2D eigenvalue weighted by Gasteiger charge is -2.17. The number of likely N-dealkylation sites (tertiary alicyclic amines) is 1. The number of hydrogen-bond acceptors (Lipinski definition) is 6. The lowest BCUT2D eigenvalue weighted by Crippen LogP contribution is -2.26. The maximum Gasteiger partial charge on any atom is 0.267 e. The highest BCUT2D eigenvalue weighted by atomic mass is 35.5. The molecule has 0 radical (unpaired) electrons. The molecule has 1 saturated heterocycles. The first-order valence-corrected chi connectivity index (χ1v) is 8.68. The number of amides is 1. The van der Waals surface area contributed by atoms with Gasteiger partial charge in [-0.25, -0.2) is 10.5 Å². The van der Waals surface area contributed by atoms with Crippen molar-refractivity contribution in [3.63, 3.8) is 0 Å². The summed E-state index contributed by atoms with van der Waals surface area (Å²) in [5.74, 6) is 0.0906. The molecule has 152 valence electrons. The Hall–Kier alpha value is -1.90. The van der Waals surface area contributed by atoms with Gasteiger partial charge in [0, 0.05) is 36.8 Å². The second-order valence-electron chi connectivity index (χ2n) is 6.13. The van der Waals surface area contributed by atoms with Gasteiger partial charge in [-0.2, -0.15) is 0 Å². The minimum Gasteiger partial charge on any atom is -0.365 e. The van der Waals surface area contributed by atoms with Crippen LogP contribution in [-0.2, 0) is 11.3 Å². The highest BCUT2D eigenvalue weighted by Gasteiger charge is 2.22. The summed E-state index contributed by atoms with van der Waals surface area (Å²) in [6.45, 7) is 2.85. The number of rotatable bonds is 6. The van der Waals surface area contributed by atoms with Gasteiger partial charge in [-0.05, 0) is 30.2 Å². The summed E-state index contributed by atoms with van der Waals surface area (Å²) in [6, 6.07) is 8.25. The number of halogens is 3. The summed E-state index contributed by atoms with van der Waals surface area (Å²) < 4.78 is 0. The van der Waals surface area contributed by atoms with E-state index >= 15 is 0 Å². The van der Waals surface area contributed by atoms with Crippen molar-refractivity contribution in [2.24, 2.45) is 0 Å². The SMILES string of the molecule is Cl.Cl.O=C(/C=C/c1cnc(N[C@@H]2CCN(Cc3ccc(Cl)cc3)C2)cn1)NO. The van der Waals surface area contributed by atoms with Gasteiger partial charge in [0.2, 0.25) is 0 Å². The van der Waals surface area contributed by atoms with Gasteiger partial charge in [0.25, 0.3) is 5.91 Å². The molecule has 28 heavy (non-hydrogen) atoms. The van der Waals surface area contributed by atoms with E-state index in [0.717, 1.165) is 31.1 Å². The summed E-state index contributed by atoms with van der Waals surface area (Å²) >= 11 is 5.92. The average Bonchev–Trinajstić information content (AvgIpc) is 3.09. The summed E-state index contributed by atoms with van der Waals surface area (Å²) in [5.41, 5.74) is 3.31. The molecule has 1 amide bonds. The van der Waals surface area contributed by atoms with Gasteiger partial charge in [-0.3, -0.25) is 19.9 Å². The van der Waals surface area contributed by atoms with Crippen molar-refractivity contribution in [2.75, 3.05) is 18.4 Å². The zero-order chi connectivity index (χ0) is 18.4. The summed E-state index contributed by atoms with van der Waals surface area (Å²) in [7, 11) is 0. The van der Waals surface area contributed by atoms with E-state index in [2.05, 4.69) is 32.3 Å². The molecule has 7 nitrogen and oxygen atoms in total. The molecule has 1 aliphatic rings. The summed E-state index contributed by atoms with van der Waals surface area (Å²) in [5, 5.41) is 12.6. The normalized spacial score (nSPS) is 16.3. The number of carbonyl (C=O) groups excluding carboxylic acids is 1. The molecule has 0 saturated carbocycles. The van der Waals surface area contributed by atoms with E-state index in [-0.39, 0.29) is 24.8 Å². The molecule has 2 aromatic rings. The fraction of sp³-hybridized carbons (Fsp3) is 0.278. The first kappa shape index (κ1) is 24.1. The molecule has 0 bridgehead atoms. The van der Waals surface area contributed by atoms with E-state index in [0.29, 0.717) is 17.6 Å². The van der Waals surface area contributed by atoms with Gasteiger partial charge in [0.15, 0.2) is 0 Å². The van der Waals surface area contributed by atoms with Gasteiger partial charge in [0.05, 0.1) is 18.1 Å². The summed E-state index contributed by atoms with van der Waals surface area (Å²) in [6.07, 6.45) is 6.91. The van der Waals surface area contributed by atoms with Gasteiger partial charge in [0.1, 0.15) is 5.82 Å². The van der Waals surface area contributed by atoms with E-state index in [9.17, 15) is 4.79 Å². The summed E-state index contributed by atoms with van der Waals surface area (Å²) in [4.78, 5) is 21.9. The molecular formula is C18H22Cl3N5O2. The Morgan fingerprint density at radius 1 is 1.25 bits per heavy atom. The highest BCUT2D eigenvalue weighted by Crippen LogP contribution is 2.18. The third-order valence-corrected chi connectivity index (χ3v) is 4.38. The first-order chi connectivity index (χ1) is 12.6. The van der Waals surface area contributed by atoms with Crippen LogP contribution in [0.25, 0.3) is 6.08 Å². The van der Waals surface area contributed by atoms with Crippen molar-refractivity contribution in [1.29, 1.82) is 0 Å². The smallest absolute Gasteiger partial charge is 0.267 e. The van der Waals surface area contributed by atoms with Crippen LogP contribution in [0.3, 0.4) is 0 Å². The molecule has 1 atom stereocenters. The molecule has 2 heterocycles. The molecule has 1 aromatic carbocycles. The van der Waals surface area contributed by atoms with Crippen LogP contribution < -0.4 is 10.8 Å². The molecule has 3 N–H and O–H groups in total. The molecule has 0 unspecified atom stereocenters. The van der Waals surface area contributed by atoms with Crippen molar-refractivity contribution in [1.82, 2.24) is 20.3 Å². The van der Waals surface area contributed by atoms with Crippen molar-refractivity contribution < 1.29 is 10.0 Å². The van der Waals surface area contributed by atoms with Crippen LogP contribution in [0.2, 0.25) is 5.02 Å². The van der Waals surface area contributed by atoms with Crippen molar-refractivity contribution in [3.05, 3.63) is 59.0 Å². The van der Waals surface area contributed by atoms with Gasteiger partial charge in [-0.1, -0.05) is 23.7 Å². The van der Waals surface area contributed by atoms with Gasteiger partial charge >= 0.3 is 0 Å². The van der Waals surface area contributed by atoms with Crippen molar-refractivity contribution in [3.8, 4) is 0 Å². The van der Waals surface area contributed by atoms with Crippen LogP contribution in [0.15, 0.2) is 42.7 Å². The molecule has 1 aromatic heterocycles. The average molecular weight is 447 g/mol. The quantitative estimate of drug-likeness (QED) is 0.359. The van der Waals surface area contributed by atoms with Crippen LogP contribution in [0.4, 0.5) is 5.82 Å². The molecule has 0 spiro atoms. The molecular weight excluding hydrogens is 425 g/mol. The number of hydrogen-bond donors (Lipinski definition) is 3. The number of benzene rings is 1. The Kier molecular flexibility index (Phi) is 10.2. The molecule has 1 fully saturated rings. The van der Waals surface area contributed by atoms with E-state index in [1.165, 1.54) is 23.2 Å². The fourth-order valence-corrected chi connectivity index (χ4v) is 2.97. The van der Waals surface area contributed by atoms with Crippen LogP contribution in [0, 0.1) is 0 Å². The predicted octanol–water partition coefficient (Wildman–Crippen LogP) is 3.18. The fourth-order valence-electron chi connectivity index (χ4n) is 2.85. The maximum absolute atomic E-state index is 10.9. The minimum absolute atomic E-state index is 0. The van der Waals surface area contributed by atoms with E-state index in [1.807, 2.05) is 12.1 Å². The third kappa shape index (κ3) is 7.26. The van der Waals surface area contributed by atoms with Crippen LogP contribution in [0.5, 0.6) is 0 Å². The number of anilines is 1. The van der Waals surface area contributed by atoms with E-state index in [4.69, 9.17) is 16.8 Å². The number of hydroxylamine groups is 1. The number of nitrogens with one attached hydrogen (secondary N) is 2. The van der Waals surface area contributed by atoms with Crippen LogP contribution in [-0.4, -0.2) is 45.1 Å². The Morgan fingerprint density at radius 3 is 2.64 bits per heavy atom. The van der Waals surface area contributed by atoms with Crippen molar-refractivity contribution in [2.45, 2.75) is 19.0 Å². The van der Waals surface area contributed by atoms with Crippen LogP contribution >= 0.6 is 36.4 Å². The Bertz CT molecular complexity index is 772. The van der Waals surface area contributed by atoms with E-state index in [1.54, 1.807) is 12.4 Å². The Labute approximate surface area is 181 Å². The number of aromatic nitrogens is 2. The lowest BCUT2D eigenvalue weighted by molar-refractivity contribution is -0.124. The maximum atomic E-state index is 10.9. The number of carbonyl (C=O) groups is 1. The lowest BCUT2D eigenvalue weighted by atomic mass is 10.2. The third-order valence-electron chi connectivity index (χ3n) is 4.13. The Balaban J connectivity index is 0.00000196. The Morgan fingerprint density at radius 2 is 2.00 bits per heavy atom. The second kappa shape index (κ2) is 11.8. The molecule has 1 aliphatic heterocycles. The number of nitrogens with zero attached hydrogens (tertiary/aromatic N) is 3. The minimum atomic E-state index is -0.610. The van der Waals surface area contributed by atoms with Gasteiger partial charge in [-0.15, -0.1) is 24.8 Å². The molecule has 3 rings (SSSR count). The standard InChI is InChI=1S/C18H20ClN5O2.2ClH/c19-14-3-1-13(2-4-14)11-24-8-7-16(12-24)22-17-10-20-15(9-21-17)5-6-18(25)23-26;;/h1-6,9-10,16,26H,7-8,11-12H2,(H,21,22)(H,23,25);2*1H/b6-5+;;/t16-;;/m1../s1. The monoisotopic (exact) mass is 445 g/mol. The highest BCUT2D eigenvalue weighted by molar-refractivity contribution is 6.30. The zero-order valence-electron chi connectivity index (χ0n) is 14.9.